The molecule has 0 radical (unpaired) electrons. The lowest BCUT2D eigenvalue weighted by Gasteiger charge is -2.14. The van der Waals surface area contributed by atoms with Crippen LogP contribution in [0.3, 0.4) is 0 Å². The number of nitrogens with zero attached hydrogens (tertiary/aromatic N) is 2. The van der Waals surface area contributed by atoms with Crippen molar-refractivity contribution < 1.29 is 14.0 Å². The number of rotatable bonds is 3. The van der Waals surface area contributed by atoms with Crippen molar-refractivity contribution in [3.8, 4) is 0 Å². The Kier molecular flexibility index (Phi) is 5.22. The van der Waals surface area contributed by atoms with Crippen LogP contribution < -0.4 is 4.90 Å². The molecule has 5 nitrogen and oxygen atoms in total. The summed E-state index contributed by atoms with van der Waals surface area (Å²) in [5, 5.41) is -0.343. The van der Waals surface area contributed by atoms with Gasteiger partial charge >= 0.3 is 0 Å². The summed E-state index contributed by atoms with van der Waals surface area (Å²) in [5.41, 5.74) is 2.52. The molecule has 0 bridgehead atoms. The standard InChI is InChI=1S/C23H10Cl4N2O3/c24-18-16-17(19(25)21(27)20(18)26)23(31)29(22(16)30)12-8-5-11(6-9-12)7-10-15-28-13-3-1-2-4-14(13)32-15/h1-10H. The second-order valence-corrected chi connectivity index (χ2v) is 8.41. The van der Waals surface area contributed by atoms with Gasteiger partial charge in [-0.15, -0.1) is 0 Å². The summed E-state index contributed by atoms with van der Waals surface area (Å²) in [7, 11) is 0. The molecule has 0 N–H and O–H groups in total. The molecule has 1 aliphatic rings. The fourth-order valence-electron chi connectivity index (χ4n) is 3.45. The predicted molar refractivity (Wildman–Crippen MR) is 127 cm³/mol. The molecule has 1 aromatic heterocycles. The van der Waals surface area contributed by atoms with Crippen molar-refractivity contribution in [2.75, 3.05) is 4.90 Å². The van der Waals surface area contributed by atoms with Crippen molar-refractivity contribution in [2.24, 2.45) is 0 Å². The lowest BCUT2D eigenvalue weighted by Crippen LogP contribution is -2.29. The third-order valence-electron chi connectivity index (χ3n) is 4.98. The number of carbonyl (C=O) groups excluding carboxylic acids is 2. The van der Waals surface area contributed by atoms with Gasteiger partial charge < -0.3 is 4.42 Å². The molecule has 1 aliphatic heterocycles. The Hall–Kier alpha value is -2.83. The van der Waals surface area contributed by atoms with E-state index in [-0.39, 0.29) is 31.2 Å². The Morgan fingerprint density at radius 1 is 0.750 bits per heavy atom. The number of oxazole rings is 1. The highest BCUT2D eigenvalue weighted by Crippen LogP contribution is 2.45. The first-order chi connectivity index (χ1) is 15.4. The maximum absolute atomic E-state index is 13.0. The Bertz CT molecular complexity index is 1380. The highest BCUT2D eigenvalue weighted by molar-refractivity contribution is 6.56. The van der Waals surface area contributed by atoms with Gasteiger partial charge in [0.05, 0.1) is 36.9 Å². The van der Waals surface area contributed by atoms with Crippen LogP contribution in [0.1, 0.15) is 32.2 Å². The van der Waals surface area contributed by atoms with Gasteiger partial charge in [-0.1, -0.05) is 70.7 Å². The van der Waals surface area contributed by atoms with Crippen LogP contribution in [0.15, 0.2) is 52.9 Å². The molecule has 0 spiro atoms. The predicted octanol–water partition coefficient (Wildman–Crippen LogP) is 7.41. The molecule has 2 heterocycles. The number of benzene rings is 3. The summed E-state index contributed by atoms with van der Waals surface area (Å²) in [6.07, 6.45) is 3.55. The number of para-hydroxylation sites is 2. The van der Waals surface area contributed by atoms with Crippen LogP contribution in [0.25, 0.3) is 23.3 Å². The van der Waals surface area contributed by atoms with Crippen LogP contribution >= 0.6 is 46.4 Å². The SMILES string of the molecule is O=C1c2c(Cl)c(Cl)c(Cl)c(Cl)c2C(=O)N1c1ccc(C=Cc2nc3ccccc3o2)cc1. The molecular formula is C23H10Cl4N2O3. The summed E-state index contributed by atoms with van der Waals surface area (Å²) < 4.78 is 5.66. The molecule has 4 aromatic rings. The lowest BCUT2D eigenvalue weighted by molar-refractivity contribution is 0.0926. The van der Waals surface area contributed by atoms with Crippen molar-refractivity contribution in [2.45, 2.75) is 0 Å². The van der Waals surface area contributed by atoms with Gasteiger partial charge in [-0.2, -0.15) is 0 Å². The molecule has 0 fully saturated rings. The van der Waals surface area contributed by atoms with E-state index in [1.54, 1.807) is 30.3 Å². The first kappa shape index (κ1) is 21.0. The second-order valence-electron chi connectivity index (χ2n) is 6.90. The zero-order chi connectivity index (χ0) is 22.6. The van der Waals surface area contributed by atoms with Crippen molar-refractivity contribution in [3.63, 3.8) is 0 Å². The van der Waals surface area contributed by atoms with Crippen LogP contribution in [-0.2, 0) is 0 Å². The quantitative estimate of drug-likeness (QED) is 0.166. The molecule has 9 heteroatoms. The summed E-state index contributed by atoms with van der Waals surface area (Å²) >= 11 is 24.5. The van der Waals surface area contributed by atoms with Crippen LogP contribution in [0.5, 0.6) is 0 Å². The minimum absolute atomic E-state index is 0.0593. The van der Waals surface area contributed by atoms with Crippen molar-refractivity contribution in [3.05, 3.63) is 91.2 Å². The van der Waals surface area contributed by atoms with E-state index in [4.69, 9.17) is 50.8 Å². The first-order valence-electron chi connectivity index (χ1n) is 9.25. The van der Waals surface area contributed by atoms with Gasteiger partial charge in [-0.25, -0.2) is 9.88 Å². The molecule has 0 saturated carbocycles. The van der Waals surface area contributed by atoms with Crippen LogP contribution in [0.4, 0.5) is 5.69 Å². The Morgan fingerprint density at radius 2 is 1.34 bits per heavy atom. The number of amides is 2. The maximum Gasteiger partial charge on any atom is 0.267 e. The minimum Gasteiger partial charge on any atom is -0.437 e. The third-order valence-corrected chi connectivity index (χ3v) is 6.78. The van der Waals surface area contributed by atoms with Gasteiger partial charge in [0.25, 0.3) is 11.8 Å². The highest BCUT2D eigenvalue weighted by atomic mass is 35.5. The molecule has 32 heavy (non-hydrogen) atoms. The second kappa shape index (κ2) is 7.94. The fourth-order valence-corrected chi connectivity index (χ4v) is 4.46. The molecule has 158 valence electrons. The maximum atomic E-state index is 13.0. The average Bonchev–Trinajstić information content (AvgIpc) is 3.33. The topological polar surface area (TPSA) is 63.4 Å². The Labute approximate surface area is 201 Å². The highest BCUT2D eigenvalue weighted by Gasteiger charge is 2.42. The first-order valence-corrected chi connectivity index (χ1v) is 10.8. The molecular weight excluding hydrogens is 494 g/mol. The molecule has 0 aliphatic carbocycles. The number of fused-ring (bicyclic) bond motifs is 2. The number of aromatic nitrogens is 1. The lowest BCUT2D eigenvalue weighted by atomic mass is 10.1. The molecule has 2 amide bonds. The zero-order valence-electron chi connectivity index (χ0n) is 15.9. The van der Waals surface area contributed by atoms with Crippen LogP contribution in [-0.4, -0.2) is 16.8 Å². The van der Waals surface area contributed by atoms with Crippen molar-refractivity contribution in [1.82, 2.24) is 4.98 Å². The summed E-state index contributed by atoms with van der Waals surface area (Å²) in [5.74, 6) is -0.774. The normalized spacial score (nSPS) is 13.6. The average molecular weight is 504 g/mol. The van der Waals surface area contributed by atoms with Crippen LogP contribution in [0, 0.1) is 0 Å². The summed E-state index contributed by atoms with van der Waals surface area (Å²) in [6, 6.07) is 14.3. The smallest absolute Gasteiger partial charge is 0.267 e. The number of hydrogen-bond acceptors (Lipinski definition) is 4. The van der Waals surface area contributed by atoms with Crippen molar-refractivity contribution >= 4 is 87.2 Å². The van der Waals surface area contributed by atoms with Gasteiger partial charge in [0.2, 0.25) is 5.89 Å². The van der Waals surface area contributed by atoms with E-state index >= 15 is 0 Å². The number of halogens is 4. The number of carbonyl (C=O) groups is 2. The minimum atomic E-state index is -0.620. The van der Waals surface area contributed by atoms with E-state index in [2.05, 4.69) is 4.98 Å². The third kappa shape index (κ3) is 3.29. The van der Waals surface area contributed by atoms with Gasteiger partial charge in [-0.05, 0) is 35.9 Å². The van der Waals surface area contributed by atoms with Crippen LogP contribution in [0.2, 0.25) is 20.1 Å². The Morgan fingerprint density at radius 3 is 1.94 bits per heavy atom. The number of anilines is 1. The van der Waals surface area contributed by atoms with E-state index in [1.807, 2.05) is 30.3 Å². The van der Waals surface area contributed by atoms with Gasteiger partial charge in [0.1, 0.15) is 5.52 Å². The van der Waals surface area contributed by atoms with Gasteiger partial charge in [-0.3, -0.25) is 9.59 Å². The summed E-state index contributed by atoms with van der Waals surface area (Å²) in [4.78, 5) is 31.3. The fraction of sp³-hybridized carbons (Fsp3) is 0. The zero-order valence-corrected chi connectivity index (χ0v) is 18.9. The van der Waals surface area contributed by atoms with Gasteiger partial charge in [0.15, 0.2) is 5.58 Å². The largest absolute Gasteiger partial charge is 0.437 e. The van der Waals surface area contributed by atoms with E-state index in [1.165, 1.54) is 0 Å². The molecule has 0 atom stereocenters. The van der Waals surface area contributed by atoms with Crippen molar-refractivity contribution in [1.29, 1.82) is 0 Å². The van der Waals surface area contributed by atoms with E-state index < -0.39 is 11.8 Å². The van der Waals surface area contributed by atoms with E-state index in [0.29, 0.717) is 17.2 Å². The number of imide groups is 1. The Balaban J connectivity index is 1.44. The summed E-state index contributed by atoms with van der Waals surface area (Å²) in [6.45, 7) is 0. The molecule has 0 saturated heterocycles. The van der Waals surface area contributed by atoms with E-state index in [9.17, 15) is 9.59 Å². The molecule has 5 rings (SSSR count). The van der Waals surface area contributed by atoms with Gasteiger partial charge in [0, 0.05) is 6.08 Å². The van der Waals surface area contributed by atoms with E-state index in [0.717, 1.165) is 16.0 Å². The monoisotopic (exact) mass is 502 g/mol. The molecule has 3 aromatic carbocycles. The number of hydrogen-bond donors (Lipinski definition) is 0. The molecule has 0 unspecified atom stereocenters.